The number of nitrogens with one attached hydrogen (secondary N) is 1. The molecular weight excluding hydrogens is 600 g/mol. The van der Waals surface area contributed by atoms with E-state index in [2.05, 4.69) is 42.1 Å². The van der Waals surface area contributed by atoms with Crippen molar-refractivity contribution in [2.75, 3.05) is 19.0 Å². The Bertz CT molecular complexity index is 1320. The first kappa shape index (κ1) is 25.9. The van der Waals surface area contributed by atoms with Crippen LogP contribution in [0.5, 0.6) is 5.75 Å². The fraction of sp³-hybridized carbons (Fsp3) is 0.345. The lowest BCUT2D eigenvalue weighted by Crippen LogP contribution is -2.37. The van der Waals surface area contributed by atoms with Crippen LogP contribution in [0.1, 0.15) is 55.6 Å². The topological polar surface area (TPSA) is 75.7 Å². The number of Topliss-reactive ketones (excluding diaryl/α,β-unsaturated/α-hetero) is 2. The molecule has 192 valence electrons. The number of amides is 1. The molecule has 0 radical (unpaired) electrons. The normalized spacial score (nSPS) is 18.1. The zero-order chi connectivity index (χ0) is 26.3. The van der Waals surface area contributed by atoms with Crippen molar-refractivity contribution < 1.29 is 19.1 Å². The van der Waals surface area contributed by atoms with E-state index in [0.717, 1.165) is 47.1 Å². The van der Waals surface area contributed by atoms with Crippen LogP contribution in [0.25, 0.3) is 0 Å². The third-order valence-corrected chi connectivity index (χ3v) is 8.32. The molecule has 0 spiro atoms. The van der Waals surface area contributed by atoms with Crippen LogP contribution in [-0.4, -0.2) is 36.0 Å². The first-order valence-electron chi connectivity index (χ1n) is 12.5. The molecule has 0 aromatic heterocycles. The molecule has 0 atom stereocenters. The Balaban J connectivity index is 1.55. The summed E-state index contributed by atoms with van der Waals surface area (Å²) in [7, 11) is 1.97. The largest absolute Gasteiger partial charge is 0.482 e. The van der Waals surface area contributed by atoms with Gasteiger partial charge in [0.15, 0.2) is 18.2 Å². The van der Waals surface area contributed by atoms with E-state index in [0.29, 0.717) is 45.5 Å². The number of ketones is 2. The van der Waals surface area contributed by atoms with Crippen molar-refractivity contribution in [3.8, 4) is 5.75 Å². The van der Waals surface area contributed by atoms with Crippen LogP contribution < -0.4 is 10.1 Å². The molecule has 2 aromatic rings. The fourth-order valence-corrected chi connectivity index (χ4v) is 6.95. The molecule has 0 saturated carbocycles. The van der Waals surface area contributed by atoms with Gasteiger partial charge in [0, 0.05) is 64.1 Å². The maximum atomic E-state index is 13.4. The van der Waals surface area contributed by atoms with Crippen LogP contribution in [0.4, 0.5) is 5.69 Å². The molecule has 0 unspecified atom stereocenters. The lowest BCUT2D eigenvalue weighted by Gasteiger charge is -2.42. The van der Waals surface area contributed by atoms with Crippen LogP contribution in [0.2, 0.25) is 0 Å². The van der Waals surface area contributed by atoms with E-state index in [9.17, 15) is 14.4 Å². The van der Waals surface area contributed by atoms with Gasteiger partial charge in [-0.05, 0) is 72.8 Å². The zero-order valence-corrected chi connectivity index (χ0v) is 24.0. The molecule has 3 aliphatic rings. The van der Waals surface area contributed by atoms with Crippen LogP contribution in [-0.2, 0) is 14.4 Å². The Labute approximate surface area is 233 Å². The fourth-order valence-electron chi connectivity index (χ4n) is 5.58. The van der Waals surface area contributed by atoms with E-state index in [1.54, 1.807) is 0 Å². The quantitative estimate of drug-likeness (QED) is 0.405. The Kier molecular flexibility index (Phi) is 7.41. The third kappa shape index (κ3) is 5.06. The van der Waals surface area contributed by atoms with Gasteiger partial charge in [0.2, 0.25) is 0 Å². The average Bonchev–Trinajstić information content (AvgIpc) is 2.86. The van der Waals surface area contributed by atoms with Gasteiger partial charge in [0.1, 0.15) is 5.75 Å². The predicted octanol–water partition coefficient (Wildman–Crippen LogP) is 6.58. The Morgan fingerprint density at radius 2 is 1.57 bits per heavy atom. The SMILES string of the molecule is Cc1ccc(NC(=O)COc2c(Br)cc(Br)cc2C2C3=C(CCCC3=O)N(C)C3=C2C(=O)CCC3)cc1. The summed E-state index contributed by atoms with van der Waals surface area (Å²) in [5.41, 5.74) is 5.86. The monoisotopic (exact) mass is 626 g/mol. The van der Waals surface area contributed by atoms with E-state index in [-0.39, 0.29) is 24.1 Å². The minimum atomic E-state index is -0.522. The molecule has 0 fully saturated rings. The number of allylic oxidation sites excluding steroid dienone is 4. The van der Waals surface area contributed by atoms with Crippen molar-refractivity contribution in [2.24, 2.45) is 0 Å². The highest BCUT2D eigenvalue weighted by Gasteiger charge is 2.43. The molecule has 0 saturated heterocycles. The summed E-state index contributed by atoms with van der Waals surface area (Å²) in [4.78, 5) is 41.6. The van der Waals surface area contributed by atoms with Crippen molar-refractivity contribution in [3.05, 3.63) is 79.0 Å². The van der Waals surface area contributed by atoms with Crippen molar-refractivity contribution in [1.82, 2.24) is 4.90 Å². The number of benzene rings is 2. The number of rotatable bonds is 5. The first-order valence-corrected chi connectivity index (χ1v) is 14.1. The van der Waals surface area contributed by atoms with Gasteiger partial charge < -0.3 is 15.0 Å². The molecule has 1 heterocycles. The lowest BCUT2D eigenvalue weighted by atomic mass is 9.71. The summed E-state index contributed by atoms with van der Waals surface area (Å²) in [5.74, 6) is -0.210. The molecule has 1 aliphatic heterocycles. The van der Waals surface area contributed by atoms with Gasteiger partial charge in [-0.25, -0.2) is 0 Å². The van der Waals surface area contributed by atoms with Crippen LogP contribution in [0.15, 0.2) is 67.9 Å². The van der Waals surface area contributed by atoms with Crippen molar-refractivity contribution in [2.45, 2.75) is 51.4 Å². The van der Waals surface area contributed by atoms with Crippen LogP contribution >= 0.6 is 31.9 Å². The standard InChI is InChI=1S/C29H28Br2N2O4/c1-16-9-11-18(12-10-16)32-25(36)15-37-29-19(13-17(30)14-20(29)31)26-27-21(5-3-7-23(27)34)33(2)22-6-4-8-24(35)28(22)26/h9-14,26H,3-8,15H2,1-2H3,(H,32,36). The van der Waals surface area contributed by atoms with Gasteiger partial charge in [0.05, 0.1) is 4.47 Å². The maximum absolute atomic E-state index is 13.4. The highest BCUT2D eigenvalue weighted by atomic mass is 79.9. The second-order valence-electron chi connectivity index (χ2n) is 9.78. The summed E-state index contributed by atoms with van der Waals surface area (Å²) in [6, 6.07) is 11.3. The zero-order valence-electron chi connectivity index (χ0n) is 20.8. The van der Waals surface area contributed by atoms with E-state index in [4.69, 9.17) is 4.74 Å². The van der Waals surface area contributed by atoms with Gasteiger partial charge in [-0.15, -0.1) is 0 Å². The van der Waals surface area contributed by atoms with Crippen LogP contribution in [0.3, 0.4) is 0 Å². The lowest BCUT2D eigenvalue weighted by molar-refractivity contribution is -0.119. The molecule has 8 heteroatoms. The first-order chi connectivity index (χ1) is 17.7. The highest BCUT2D eigenvalue weighted by Crippen LogP contribution is 2.51. The van der Waals surface area contributed by atoms with E-state index in [1.807, 2.05) is 50.4 Å². The molecule has 1 amide bonds. The van der Waals surface area contributed by atoms with Crippen molar-refractivity contribution in [1.29, 1.82) is 0 Å². The summed E-state index contributed by atoms with van der Waals surface area (Å²) < 4.78 is 7.57. The predicted molar refractivity (Wildman–Crippen MR) is 149 cm³/mol. The summed E-state index contributed by atoms with van der Waals surface area (Å²) in [6.45, 7) is 1.77. The average molecular weight is 628 g/mol. The number of halogens is 2. The van der Waals surface area contributed by atoms with E-state index >= 15 is 0 Å². The molecule has 2 aromatic carbocycles. The maximum Gasteiger partial charge on any atom is 0.262 e. The second-order valence-corrected chi connectivity index (χ2v) is 11.5. The van der Waals surface area contributed by atoms with Gasteiger partial charge >= 0.3 is 0 Å². The van der Waals surface area contributed by atoms with E-state index < -0.39 is 5.92 Å². The molecule has 5 rings (SSSR count). The number of hydrogen-bond donors (Lipinski definition) is 1. The summed E-state index contributed by atoms with van der Waals surface area (Å²) in [5, 5.41) is 2.86. The number of carbonyl (C=O) groups excluding carboxylic acids is 3. The van der Waals surface area contributed by atoms with Gasteiger partial charge in [-0.1, -0.05) is 33.6 Å². The molecule has 37 heavy (non-hydrogen) atoms. The number of aryl methyl sites for hydroxylation is 1. The Morgan fingerprint density at radius 1 is 0.973 bits per heavy atom. The van der Waals surface area contributed by atoms with Crippen molar-refractivity contribution in [3.63, 3.8) is 0 Å². The molecule has 6 nitrogen and oxygen atoms in total. The van der Waals surface area contributed by atoms with Gasteiger partial charge in [-0.3, -0.25) is 14.4 Å². The molecule has 2 aliphatic carbocycles. The summed E-state index contributed by atoms with van der Waals surface area (Å²) in [6.07, 6.45) is 4.12. The minimum absolute atomic E-state index is 0.0715. The third-order valence-electron chi connectivity index (χ3n) is 7.28. The molecule has 0 bridgehead atoms. The number of hydrogen-bond acceptors (Lipinski definition) is 5. The summed E-state index contributed by atoms with van der Waals surface area (Å²) >= 11 is 7.19. The second kappa shape index (κ2) is 10.6. The number of nitrogens with zero attached hydrogens (tertiary/aromatic N) is 1. The molecular formula is C29H28Br2N2O4. The Morgan fingerprint density at radius 3 is 2.16 bits per heavy atom. The number of carbonyl (C=O) groups is 3. The smallest absolute Gasteiger partial charge is 0.262 e. The van der Waals surface area contributed by atoms with E-state index in [1.165, 1.54) is 0 Å². The minimum Gasteiger partial charge on any atom is -0.482 e. The molecule has 1 N–H and O–H groups in total. The van der Waals surface area contributed by atoms with Crippen LogP contribution in [0, 0.1) is 6.92 Å². The number of ether oxygens (including phenoxy) is 1. The van der Waals surface area contributed by atoms with Crippen molar-refractivity contribution >= 4 is 55.0 Å². The highest BCUT2D eigenvalue weighted by molar-refractivity contribution is 9.11. The van der Waals surface area contributed by atoms with Gasteiger partial charge in [0.25, 0.3) is 5.91 Å². The van der Waals surface area contributed by atoms with Gasteiger partial charge in [-0.2, -0.15) is 0 Å². The number of anilines is 1. The Hall–Kier alpha value is -2.71.